The Labute approximate surface area is 125 Å². The van der Waals surface area contributed by atoms with Gasteiger partial charge in [0.1, 0.15) is 5.82 Å². The summed E-state index contributed by atoms with van der Waals surface area (Å²) in [6, 6.07) is 5.93. The predicted octanol–water partition coefficient (Wildman–Crippen LogP) is 4.90. The monoisotopic (exact) mass is 295 g/mol. The van der Waals surface area contributed by atoms with Crippen molar-refractivity contribution in [2.24, 2.45) is 5.92 Å². The molecule has 0 spiro atoms. The zero-order valence-corrected chi connectivity index (χ0v) is 12.6. The maximum Gasteiger partial charge on any atom is 0.128 e. The largest absolute Gasteiger partial charge is 0.314 e. The molecule has 2 saturated carbocycles. The molecule has 1 nitrogen and oxygen atoms in total. The second-order valence-corrected chi connectivity index (χ2v) is 6.79. The van der Waals surface area contributed by atoms with Crippen LogP contribution >= 0.6 is 11.6 Å². The Morgan fingerprint density at radius 3 is 2.65 bits per heavy atom. The lowest BCUT2D eigenvalue weighted by atomic mass is 9.82. The highest BCUT2D eigenvalue weighted by molar-refractivity contribution is 6.30. The van der Waals surface area contributed by atoms with Gasteiger partial charge in [-0.2, -0.15) is 0 Å². The van der Waals surface area contributed by atoms with E-state index >= 15 is 0 Å². The molecule has 3 heteroatoms. The van der Waals surface area contributed by atoms with E-state index in [0.29, 0.717) is 16.9 Å². The minimum atomic E-state index is -0.124. The standard InChI is InChI=1S/C17H23ClFN/c18-13-6-9-16(17(19)10-13)15-5-3-1-2-4-12(15)11-20-14-7-8-14/h6,9-10,12,14-15,20H,1-5,7-8,11H2. The SMILES string of the molecule is Fc1cc(Cl)ccc1C1CCCCCC1CNC1CC1. The highest BCUT2D eigenvalue weighted by Gasteiger charge is 2.29. The molecule has 2 aliphatic rings. The minimum absolute atomic E-state index is 0.124. The smallest absolute Gasteiger partial charge is 0.128 e. The summed E-state index contributed by atoms with van der Waals surface area (Å²) in [5.41, 5.74) is 0.874. The van der Waals surface area contributed by atoms with Gasteiger partial charge in [0.15, 0.2) is 0 Å². The van der Waals surface area contributed by atoms with Crippen LogP contribution in [-0.4, -0.2) is 12.6 Å². The fourth-order valence-electron chi connectivity index (χ4n) is 3.45. The molecule has 0 aliphatic heterocycles. The lowest BCUT2D eigenvalue weighted by Crippen LogP contribution is -2.28. The molecule has 2 fully saturated rings. The minimum Gasteiger partial charge on any atom is -0.314 e. The first kappa shape index (κ1) is 14.3. The van der Waals surface area contributed by atoms with Crippen LogP contribution in [0.3, 0.4) is 0 Å². The van der Waals surface area contributed by atoms with Crippen LogP contribution in [0.1, 0.15) is 56.4 Å². The van der Waals surface area contributed by atoms with Gasteiger partial charge >= 0.3 is 0 Å². The number of rotatable bonds is 4. The van der Waals surface area contributed by atoms with Crippen molar-refractivity contribution in [2.75, 3.05) is 6.54 Å². The van der Waals surface area contributed by atoms with Gasteiger partial charge in [0.2, 0.25) is 0 Å². The number of benzene rings is 1. The molecule has 0 aromatic heterocycles. The third-order valence-electron chi connectivity index (χ3n) is 4.77. The summed E-state index contributed by atoms with van der Waals surface area (Å²) in [5, 5.41) is 4.13. The number of hydrogen-bond donors (Lipinski definition) is 1. The van der Waals surface area contributed by atoms with Gasteiger partial charge in [0.25, 0.3) is 0 Å². The van der Waals surface area contributed by atoms with Gasteiger partial charge in [-0.1, -0.05) is 36.9 Å². The first-order chi connectivity index (χ1) is 9.74. The van der Waals surface area contributed by atoms with E-state index in [-0.39, 0.29) is 5.82 Å². The molecule has 2 aliphatic carbocycles. The van der Waals surface area contributed by atoms with Gasteiger partial charge in [0.05, 0.1) is 0 Å². The van der Waals surface area contributed by atoms with Crippen LogP contribution in [0.15, 0.2) is 18.2 Å². The molecule has 1 aromatic carbocycles. The Kier molecular flexibility index (Phi) is 4.62. The molecule has 1 aromatic rings. The Morgan fingerprint density at radius 1 is 1.10 bits per heavy atom. The normalized spacial score (nSPS) is 27.3. The number of halogens is 2. The molecule has 0 heterocycles. The van der Waals surface area contributed by atoms with E-state index in [9.17, 15) is 4.39 Å². The summed E-state index contributed by atoms with van der Waals surface area (Å²) in [4.78, 5) is 0. The highest BCUT2D eigenvalue weighted by Crippen LogP contribution is 2.38. The van der Waals surface area contributed by atoms with Gasteiger partial charge in [-0.05, 0) is 61.8 Å². The van der Waals surface area contributed by atoms with Crippen molar-refractivity contribution in [1.29, 1.82) is 0 Å². The van der Waals surface area contributed by atoms with Crippen LogP contribution in [0.4, 0.5) is 4.39 Å². The second kappa shape index (κ2) is 6.44. The van der Waals surface area contributed by atoms with Crippen LogP contribution in [-0.2, 0) is 0 Å². The zero-order chi connectivity index (χ0) is 13.9. The average molecular weight is 296 g/mol. The maximum atomic E-state index is 14.2. The maximum absolute atomic E-state index is 14.2. The van der Waals surface area contributed by atoms with Crippen LogP contribution < -0.4 is 5.32 Å². The Bertz CT molecular complexity index is 458. The number of hydrogen-bond acceptors (Lipinski definition) is 1. The summed E-state index contributed by atoms with van der Waals surface area (Å²) in [5.74, 6) is 0.788. The van der Waals surface area contributed by atoms with Crippen molar-refractivity contribution >= 4 is 11.6 Å². The summed E-state index contributed by atoms with van der Waals surface area (Å²) >= 11 is 5.88. The Hall–Kier alpha value is -0.600. The zero-order valence-electron chi connectivity index (χ0n) is 11.9. The molecule has 110 valence electrons. The summed E-state index contributed by atoms with van der Waals surface area (Å²) < 4.78 is 14.2. The van der Waals surface area contributed by atoms with Crippen LogP contribution in [0, 0.1) is 11.7 Å². The molecule has 0 bridgehead atoms. The van der Waals surface area contributed by atoms with E-state index in [1.165, 1.54) is 44.6 Å². The molecule has 2 atom stereocenters. The van der Waals surface area contributed by atoms with Crippen LogP contribution in [0.5, 0.6) is 0 Å². The van der Waals surface area contributed by atoms with E-state index in [2.05, 4.69) is 5.32 Å². The molecule has 0 amide bonds. The molecule has 0 saturated heterocycles. The van der Waals surface area contributed by atoms with Gasteiger partial charge in [0, 0.05) is 11.1 Å². The van der Waals surface area contributed by atoms with Crippen molar-refractivity contribution in [3.05, 3.63) is 34.6 Å². The van der Waals surface area contributed by atoms with Crippen LogP contribution in [0.2, 0.25) is 5.02 Å². The molecule has 20 heavy (non-hydrogen) atoms. The first-order valence-corrected chi connectivity index (χ1v) is 8.30. The van der Waals surface area contributed by atoms with Crippen molar-refractivity contribution in [3.8, 4) is 0 Å². The summed E-state index contributed by atoms with van der Waals surface area (Å²) in [6.07, 6.45) is 8.72. The van der Waals surface area contributed by atoms with Gasteiger partial charge in [-0.25, -0.2) is 4.39 Å². The number of nitrogens with one attached hydrogen (secondary N) is 1. The van der Waals surface area contributed by atoms with Crippen molar-refractivity contribution < 1.29 is 4.39 Å². The third-order valence-corrected chi connectivity index (χ3v) is 5.00. The second-order valence-electron chi connectivity index (χ2n) is 6.35. The van der Waals surface area contributed by atoms with Crippen LogP contribution in [0.25, 0.3) is 0 Å². The highest BCUT2D eigenvalue weighted by atomic mass is 35.5. The topological polar surface area (TPSA) is 12.0 Å². The fraction of sp³-hybridized carbons (Fsp3) is 0.647. The molecule has 0 radical (unpaired) electrons. The Morgan fingerprint density at radius 2 is 1.90 bits per heavy atom. The summed E-state index contributed by atoms with van der Waals surface area (Å²) in [6.45, 7) is 1.04. The third kappa shape index (κ3) is 3.53. The first-order valence-electron chi connectivity index (χ1n) is 7.92. The van der Waals surface area contributed by atoms with E-state index in [1.54, 1.807) is 0 Å². The van der Waals surface area contributed by atoms with Crippen molar-refractivity contribution in [3.63, 3.8) is 0 Å². The molecule has 1 N–H and O–H groups in total. The molecular weight excluding hydrogens is 273 g/mol. The van der Waals surface area contributed by atoms with Crippen molar-refractivity contribution in [1.82, 2.24) is 5.32 Å². The van der Waals surface area contributed by atoms with E-state index in [0.717, 1.165) is 24.6 Å². The molecule has 3 rings (SSSR count). The predicted molar refractivity (Wildman–Crippen MR) is 81.8 cm³/mol. The van der Waals surface area contributed by atoms with Gasteiger partial charge in [-0.15, -0.1) is 0 Å². The summed E-state index contributed by atoms with van der Waals surface area (Å²) in [7, 11) is 0. The van der Waals surface area contributed by atoms with E-state index in [4.69, 9.17) is 11.6 Å². The fourth-order valence-corrected chi connectivity index (χ4v) is 3.60. The Balaban J connectivity index is 1.77. The van der Waals surface area contributed by atoms with Gasteiger partial charge < -0.3 is 5.32 Å². The molecular formula is C17H23ClFN. The van der Waals surface area contributed by atoms with Crippen molar-refractivity contribution in [2.45, 2.75) is 56.9 Å². The lowest BCUT2D eigenvalue weighted by molar-refractivity contribution is 0.365. The average Bonchev–Trinajstić information content (AvgIpc) is 3.23. The lowest BCUT2D eigenvalue weighted by Gasteiger charge is -2.26. The van der Waals surface area contributed by atoms with Gasteiger partial charge in [-0.3, -0.25) is 0 Å². The van der Waals surface area contributed by atoms with E-state index < -0.39 is 0 Å². The van der Waals surface area contributed by atoms with E-state index in [1.807, 2.05) is 12.1 Å². The quantitative estimate of drug-likeness (QED) is 0.780. The molecule has 2 unspecified atom stereocenters.